The van der Waals surface area contributed by atoms with Gasteiger partial charge in [-0.3, -0.25) is 0 Å². The Labute approximate surface area is 122 Å². The summed E-state index contributed by atoms with van der Waals surface area (Å²) < 4.78 is 0. The zero-order chi connectivity index (χ0) is 13.8. The average Bonchev–Trinajstić information content (AvgIpc) is 2.71. The maximum absolute atomic E-state index is 3.86. The van der Waals surface area contributed by atoms with Crippen LogP contribution in [-0.4, -0.2) is 6.04 Å². The largest absolute Gasteiger partial charge is 0.307 e. The summed E-state index contributed by atoms with van der Waals surface area (Å²) in [4.78, 5) is 2.92. The zero-order valence-electron chi connectivity index (χ0n) is 13.0. The first-order valence-corrected chi connectivity index (χ1v) is 8.74. The van der Waals surface area contributed by atoms with Crippen LogP contribution in [0.15, 0.2) is 6.07 Å². The number of aryl methyl sites for hydroxylation is 2. The Bertz CT molecular complexity index is 388. The summed E-state index contributed by atoms with van der Waals surface area (Å²) in [6.07, 6.45) is 8.39. The summed E-state index contributed by atoms with van der Waals surface area (Å²) in [5, 5.41) is 3.86. The van der Waals surface area contributed by atoms with E-state index < -0.39 is 0 Å². The first kappa shape index (κ1) is 15.1. The molecule has 1 unspecified atom stereocenters. The minimum absolute atomic E-state index is 0.512. The van der Waals surface area contributed by atoms with E-state index in [1.54, 1.807) is 0 Å². The fourth-order valence-corrected chi connectivity index (χ4v) is 4.57. The Kier molecular flexibility index (Phi) is 5.47. The third kappa shape index (κ3) is 4.06. The number of rotatable bonds is 5. The molecular weight excluding hydrogens is 250 g/mol. The fourth-order valence-electron chi connectivity index (χ4n) is 3.55. The molecule has 1 aromatic heterocycles. The molecule has 1 fully saturated rings. The minimum atomic E-state index is 0.512. The van der Waals surface area contributed by atoms with Gasteiger partial charge in [-0.25, -0.2) is 0 Å². The molecule has 2 rings (SSSR count). The van der Waals surface area contributed by atoms with Crippen LogP contribution in [0.25, 0.3) is 0 Å². The van der Waals surface area contributed by atoms with Crippen molar-refractivity contribution in [3.63, 3.8) is 0 Å². The number of thiophene rings is 1. The van der Waals surface area contributed by atoms with Crippen molar-refractivity contribution in [1.82, 2.24) is 5.32 Å². The van der Waals surface area contributed by atoms with Crippen LogP contribution in [0.5, 0.6) is 0 Å². The molecule has 1 aliphatic rings. The molecule has 0 amide bonds. The molecular formula is C17H29NS. The standard InChI is InChI=1S/C17H29NS/c1-5-6-15-7-9-16(10-8-15)18-13(3)17-11-12(2)19-14(17)4/h11,13,15-16,18H,5-10H2,1-4H3. The van der Waals surface area contributed by atoms with Gasteiger partial charge in [0, 0.05) is 21.8 Å². The van der Waals surface area contributed by atoms with Crippen LogP contribution in [0.1, 0.15) is 73.7 Å². The summed E-state index contributed by atoms with van der Waals surface area (Å²) >= 11 is 1.93. The second-order valence-corrected chi connectivity index (χ2v) is 7.72. The van der Waals surface area contributed by atoms with E-state index in [1.807, 2.05) is 11.3 Å². The van der Waals surface area contributed by atoms with Crippen molar-refractivity contribution in [1.29, 1.82) is 0 Å². The van der Waals surface area contributed by atoms with Gasteiger partial charge in [-0.05, 0) is 64.0 Å². The first-order chi connectivity index (χ1) is 9.10. The summed E-state index contributed by atoms with van der Waals surface area (Å²) in [7, 11) is 0. The van der Waals surface area contributed by atoms with Crippen molar-refractivity contribution in [2.45, 2.75) is 78.3 Å². The van der Waals surface area contributed by atoms with Gasteiger partial charge in [0.15, 0.2) is 0 Å². The lowest BCUT2D eigenvalue weighted by molar-refractivity contribution is 0.266. The van der Waals surface area contributed by atoms with Gasteiger partial charge in [0.1, 0.15) is 0 Å². The van der Waals surface area contributed by atoms with Gasteiger partial charge in [-0.1, -0.05) is 19.8 Å². The predicted molar refractivity (Wildman–Crippen MR) is 86.0 cm³/mol. The first-order valence-electron chi connectivity index (χ1n) is 7.93. The molecule has 1 aliphatic carbocycles. The zero-order valence-corrected chi connectivity index (χ0v) is 13.8. The van der Waals surface area contributed by atoms with Gasteiger partial charge < -0.3 is 5.32 Å². The van der Waals surface area contributed by atoms with Gasteiger partial charge in [-0.15, -0.1) is 11.3 Å². The third-order valence-corrected chi connectivity index (χ3v) is 5.56. The molecule has 1 atom stereocenters. The van der Waals surface area contributed by atoms with Crippen molar-refractivity contribution in [2.24, 2.45) is 5.92 Å². The SMILES string of the molecule is CCCC1CCC(NC(C)c2cc(C)sc2C)CC1. The molecule has 0 spiro atoms. The lowest BCUT2D eigenvalue weighted by Gasteiger charge is -2.31. The van der Waals surface area contributed by atoms with Crippen molar-refractivity contribution in [3.05, 3.63) is 21.4 Å². The van der Waals surface area contributed by atoms with E-state index in [0.29, 0.717) is 6.04 Å². The van der Waals surface area contributed by atoms with E-state index in [4.69, 9.17) is 0 Å². The van der Waals surface area contributed by atoms with Gasteiger partial charge >= 0.3 is 0 Å². The summed E-state index contributed by atoms with van der Waals surface area (Å²) in [6, 6.07) is 3.61. The molecule has 0 bridgehead atoms. The van der Waals surface area contributed by atoms with Gasteiger partial charge in [0.25, 0.3) is 0 Å². The second-order valence-electron chi connectivity index (χ2n) is 6.26. The minimum Gasteiger partial charge on any atom is -0.307 e. The van der Waals surface area contributed by atoms with E-state index >= 15 is 0 Å². The normalized spacial score (nSPS) is 25.5. The Balaban J connectivity index is 1.84. The van der Waals surface area contributed by atoms with Crippen LogP contribution in [0, 0.1) is 19.8 Å². The molecule has 1 aromatic rings. The van der Waals surface area contributed by atoms with Crippen LogP contribution in [0.2, 0.25) is 0 Å². The molecule has 2 heteroatoms. The van der Waals surface area contributed by atoms with Crippen LogP contribution in [-0.2, 0) is 0 Å². The molecule has 1 nitrogen and oxygen atoms in total. The van der Waals surface area contributed by atoms with Crippen molar-refractivity contribution < 1.29 is 0 Å². The summed E-state index contributed by atoms with van der Waals surface area (Å²) in [5.74, 6) is 1.00. The highest BCUT2D eigenvalue weighted by Crippen LogP contribution is 2.31. The van der Waals surface area contributed by atoms with E-state index in [9.17, 15) is 0 Å². The third-order valence-electron chi connectivity index (χ3n) is 4.58. The van der Waals surface area contributed by atoms with Crippen molar-refractivity contribution >= 4 is 11.3 Å². The molecule has 108 valence electrons. The van der Waals surface area contributed by atoms with Crippen LogP contribution < -0.4 is 5.32 Å². The van der Waals surface area contributed by atoms with Gasteiger partial charge in [-0.2, -0.15) is 0 Å². The Morgan fingerprint density at radius 1 is 1.26 bits per heavy atom. The second kappa shape index (κ2) is 6.90. The topological polar surface area (TPSA) is 12.0 Å². The van der Waals surface area contributed by atoms with Crippen LogP contribution in [0.3, 0.4) is 0 Å². The Morgan fingerprint density at radius 3 is 2.47 bits per heavy atom. The molecule has 0 aliphatic heterocycles. The average molecular weight is 279 g/mol. The highest BCUT2D eigenvalue weighted by molar-refractivity contribution is 7.12. The van der Waals surface area contributed by atoms with Crippen LogP contribution >= 0.6 is 11.3 Å². The lowest BCUT2D eigenvalue weighted by Crippen LogP contribution is -2.35. The molecule has 1 heterocycles. The summed E-state index contributed by atoms with van der Waals surface area (Å²) in [5.41, 5.74) is 1.51. The smallest absolute Gasteiger partial charge is 0.0305 e. The highest BCUT2D eigenvalue weighted by Gasteiger charge is 2.22. The molecule has 1 N–H and O–H groups in total. The summed E-state index contributed by atoms with van der Waals surface area (Å²) in [6.45, 7) is 9.11. The molecule has 0 saturated heterocycles. The predicted octanol–water partition coefficient (Wildman–Crippen LogP) is 5.37. The number of hydrogen-bond donors (Lipinski definition) is 1. The lowest BCUT2D eigenvalue weighted by atomic mass is 9.83. The molecule has 1 saturated carbocycles. The van der Waals surface area contributed by atoms with Crippen LogP contribution in [0.4, 0.5) is 0 Å². The van der Waals surface area contributed by atoms with Gasteiger partial charge in [0.2, 0.25) is 0 Å². The maximum atomic E-state index is 3.86. The van der Waals surface area contributed by atoms with Gasteiger partial charge in [0.05, 0.1) is 0 Å². The van der Waals surface area contributed by atoms with E-state index in [2.05, 4.69) is 39.1 Å². The monoisotopic (exact) mass is 279 g/mol. The Morgan fingerprint density at radius 2 is 1.95 bits per heavy atom. The maximum Gasteiger partial charge on any atom is 0.0305 e. The molecule has 0 radical (unpaired) electrons. The Hall–Kier alpha value is -0.340. The molecule has 0 aromatic carbocycles. The van der Waals surface area contributed by atoms with Crippen molar-refractivity contribution in [3.8, 4) is 0 Å². The molecule has 19 heavy (non-hydrogen) atoms. The highest BCUT2D eigenvalue weighted by atomic mass is 32.1. The van der Waals surface area contributed by atoms with E-state index in [1.165, 1.54) is 53.8 Å². The van der Waals surface area contributed by atoms with Crippen molar-refractivity contribution in [2.75, 3.05) is 0 Å². The van der Waals surface area contributed by atoms with E-state index in [-0.39, 0.29) is 0 Å². The quantitative estimate of drug-likeness (QED) is 0.763. The number of nitrogens with one attached hydrogen (secondary N) is 1. The fraction of sp³-hybridized carbons (Fsp3) is 0.765. The van der Waals surface area contributed by atoms with E-state index in [0.717, 1.165) is 12.0 Å². The number of hydrogen-bond acceptors (Lipinski definition) is 2.